The van der Waals surface area contributed by atoms with Crippen LogP contribution in [0.3, 0.4) is 0 Å². The molecule has 1 heterocycles. The average Bonchev–Trinajstić information content (AvgIpc) is 2.15. The van der Waals surface area contributed by atoms with Gasteiger partial charge in [0.05, 0.1) is 13.2 Å². The molecule has 0 atom stereocenters. The zero-order valence-electron chi connectivity index (χ0n) is 8.86. The van der Waals surface area contributed by atoms with E-state index in [0.29, 0.717) is 4.32 Å². The van der Waals surface area contributed by atoms with Crippen molar-refractivity contribution in [3.63, 3.8) is 0 Å². The summed E-state index contributed by atoms with van der Waals surface area (Å²) in [6.45, 7) is 5.69. The number of likely N-dealkylation sites (N-methyl/N-ethyl adjacent to an activating group) is 1. The van der Waals surface area contributed by atoms with Gasteiger partial charge >= 0.3 is 29.6 Å². The standard InChI is InChI=1S/C8H16N2OS2.Na/c1-9(8(12)13)2-3-10-4-6-11-7-5-10;/h2-7H2,1H3,(H,12,13);/q;+1/p-1. The molecule has 0 aromatic carbocycles. The van der Waals surface area contributed by atoms with E-state index >= 15 is 0 Å². The molecular weight excluding hydrogens is 227 g/mol. The number of hydrogen-bond acceptors (Lipinski definition) is 4. The molecule has 1 fully saturated rings. The molecule has 0 spiro atoms. The Bertz CT molecular complexity index is 177. The number of morpholine rings is 1. The van der Waals surface area contributed by atoms with Gasteiger partial charge in [0, 0.05) is 33.2 Å². The number of ether oxygens (including phenoxy) is 1. The summed E-state index contributed by atoms with van der Waals surface area (Å²) in [5, 5.41) is 0. The number of rotatable bonds is 3. The summed E-state index contributed by atoms with van der Waals surface area (Å²) < 4.78 is 5.80. The molecule has 1 aliphatic rings. The van der Waals surface area contributed by atoms with Crippen molar-refractivity contribution in [2.45, 2.75) is 0 Å². The summed E-state index contributed by atoms with van der Waals surface area (Å²) in [4.78, 5) is 4.30. The Balaban J connectivity index is 0.00000169. The zero-order chi connectivity index (χ0) is 9.68. The van der Waals surface area contributed by atoms with Gasteiger partial charge in [0.25, 0.3) is 0 Å². The Hall–Kier alpha value is 1.03. The van der Waals surface area contributed by atoms with Gasteiger partial charge in [0.15, 0.2) is 0 Å². The van der Waals surface area contributed by atoms with Crippen LogP contribution in [0.4, 0.5) is 0 Å². The molecule has 1 rings (SSSR count). The Morgan fingerprint density at radius 2 is 2.07 bits per heavy atom. The van der Waals surface area contributed by atoms with Gasteiger partial charge in [-0.25, -0.2) is 0 Å². The van der Waals surface area contributed by atoms with Crippen LogP contribution >= 0.6 is 12.2 Å². The third-order valence-corrected chi connectivity index (χ3v) is 2.79. The fourth-order valence-electron chi connectivity index (χ4n) is 1.21. The van der Waals surface area contributed by atoms with Gasteiger partial charge in [0.1, 0.15) is 0 Å². The first-order valence-corrected chi connectivity index (χ1v) is 5.24. The normalized spacial score (nSPS) is 17.2. The van der Waals surface area contributed by atoms with Crippen molar-refractivity contribution in [3.05, 3.63) is 0 Å². The summed E-state index contributed by atoms with van der Waals surface area (Å²) in [5.41, 5.74) is 0. The van der Waals surface area contributed by atoms with Gasteiger partial charge < -0.3 is 34.5 Å². The Labute approximate surface area is 119 Å². The Morgan fingerprint density at radius 1 is 1.50 bits per heavy atom. The Kier molecular flexibility index (Phi) is 8.82. The molecule has 0 bridgehead atoms. The maximum atomic E-state index is 5.25. The Morgan fingerprint density at radius 3 is 2.57 bits per heavy atom. The third-order valence-electron chi connectivity index (χ3n) is 2.17. The van der Waals surface area contributed by atoms with E-state index in [1.54, 1.807) is 0 Å². The van der Waals surface area contributed by atoms with Gasteiger partial charge in [-0.2, -0.15) is 0 Å². The molecule has 0 saturated carbocycles. The molecule has 0 amide bonds. The summed E-state index contributed by atoms with van der Waals surface area (Å²) in [6, 6.07) is 0. The summed E-state index contributed by atoms with van der Waals surface area (Å²) in [6.07, 6.45) is 0. The predicted molar refractivity (Wildman–Crippen MR) is 59.9 cm³/mol. The van der Waals surface area contributed by atoms with E-state index in [1.165, 1.54) is 0 Å². The van der Waals surface area contributed by atoms with Crippen LogP contribution < -0.4 is 29.6 Å². The minimum atomic E-state index is 0. The first-order valence-electron chi connectivity index (χ1n) is 4.42. The van der Waals surface area contributed by atoms with Crippen LogP contribution in [-0.4, -0.2) is 60.6 Å². The number of hydrogen-bond donors (Lipinski definition) is 0. The molecule has 0 aliphatic carbocycles. The van der Waals surface area contributed by atoms with Crippen molar-refractivity contribution >= 4 is 29.2 Å². The fraction of sp³-hybridized carbons (Fsp3) is 0.875. The molecule has 0 radical (unpaired) electrons. The molecular formula is C8H15N2NaOS2. The minimum Gasteiger partial charge on any atom is -0.411 e. The molecule has 1 saturated heterocycles. The van der Waals surface area contributed by atoms with Crippen LogP contribution in [-0.2, 0) is 17.4 Å². The van der Waals surface area contributed by atoms with Crippen molar-refractivity contribution in [3.8, 4) is 0 Å². The second-order valence-electron chi connectivity index (χ2n) is 3.14. The van der Waals surface area contributed by atoms with E-state index in [1.807, 2.05) is 11.9 Å². The van der Waals surface area contributed by atoms with Crippen molar-refractivity contribution in [1.82, 2.24) is 9.80 Å². The third kappa shape index (κ3) is 5.80. The fourth-order valence-corrected chi connectivity index (χ4v) is 1.39. The van der Waals surface area contributed by atoms with Gasteiger partial charge in [-0.05, 0) is 0 Å². The van der Waals surface area contributed by atoms with E-state index in [0.717, 1.165) is 39.4 Å². The maximum absolute atomic E-state index is 5.25. The second kappa shape index (κ2) is 8.21. The van der Waals surface area contributed by atoms with Crippen LogP contribution in [0, 0.1) is 0 Å². The minimum absolute atomic E-state index is 0. The van der Waals surface area contributed by atoms with Crippen molar-refractivity contribution < 1.29 is 34.3 Å². The van der Waals surface area contributed by atoms with Crippen LogP contribution in [0.1, 0.15) is 0 Å². The molecule has 1 aliphatic heterocycles. The monoisotopic (exact) mass is 242 g/mol. The largest absolute Gasteiger partial charge is 1.00 e. The summed E-state index contributed by atoms with van der Waals surface area (Å²) in [7, 11) is 1.94. The van der Waals surface area contributed by atoms with Gasteiger partial charge in [0.2, 0.25) is 0 Å². The van der Waals surface area contributed by atoms with E-state index in [-0.39, 0.29) is 29.6 Å². The van der Waals surface area contributed by atoms with E-state index in [9.17, 15) is 0 Å². The van der Waals surface area contributed by atoms with Gasteiger partial charge in [-0.3, -0.25) is 4.90 Å². The molecule has 0 aromatic rings. The molecule has 0 aromatic heterocycles. The van der Waals surface area contributed by atoms with E-state index in [4.69, 9.17) is 29.6 Å². The molecule has 6 heteroatoms. The van der Waals surface area contributed by atoms with Crippen molar-refractivity contribution in [2.75, 3.05) is 46.4 Å². The first-order chi connectivity index (χ1) is 6.20. The quantitative estimate of drug-likeness (QED) is 0.299. The summed E-state index contributed by atoms with van der Waals surface area (Å²) >= 11 is 9.77. The first kappa shape index (κ1) is 15.0. The average molecular weight is 242 g/mol. The molecule has 0 unspecified atom stereocenters. The summed E-state index contributed by atoms with van der Waals surface area (Å²) in [5.74, 6) is 0. The van der Waals surface area contributed by atoms with Crippen LogP contribution in [0.25, 0.3) is 0 Å². The van der Waals surface area contributed by atoms with Crippen molar-refractivity contribution in [1.29, 1.82) is 0 Å². The predicted octanol–water partition coefficient (Wildman–Crippen LogP) is -2.91. The van der Waals surface area contributed by atoms with Gasteiger partial charge in [-0.15, -0.1) is 0 Å². The second-order valence-corrected chi connectivity index (χ2v) is 4.17. The molecule has 76 valence electrons. The van der Waals surface area contributed by atoms with Crippen molar-refractivity contribution in [2.24, 2.45) is 0 Å². The van der Waals surface area contributed by atoms with Crippen LogP contribution in [0.15, 0.2) is 0 Å². The zero-order valence-corrected chi connectivity index (χ0v) is 12.5. The van der Waals surface area contributed by atoms with E-state index in [2.05, 4.69) is 4.90 Å². The number of thiocarbonyl (C=S) groups is 1. The van der Waals surface area contributed by atoms with E-state index < -0.39 is 0 Å². The SMILES string of the molecule is CN(CCN1CCOCC1)C(=S)[S-].[Na+]. The van der Waals surface area contributed by atoms with Crippen LogP contribution in [0.5, 0.6) is 0 Å². The van der Waals surface area contributed by atoms with Crippen LogP contribution in [0.2, 0.25) is 0 Å². The topological polar surface area (TPSA) is 15.7 Å². The van der Waals surface area contributed by atoms with Gasteiger partial charge in [-0.1, -0.05) is 4.32 Å². The molecule has 0 N–H and O–H groups in total. The smallest absolute Gasteiger partial charge is 0.411 e. The molecule has 3 nitrogen and oxygen atoms in total. The maximum Gasteiger partial charge on any atom is 1.00 e. The molecule has 14 heavy (non-hydrogen) atoms. The number of nitrogens with zero attached hydrogens (tertiary/aromatic N) is 2.